The van der Waals surface area contributed by atoms with Crippen molar-refractivity contribution in [3.8, 4) is 0 Å². The van der Waals surface area contributed by atoms with Crippen LogP contribution in [0.25, 0.3) is 0 Å². The van der Waals surface area contributed by atoms with Crippen LogP contribution in [0.4, 0.5) is 0 Å². The number of nitrogens with two attached hydrogens (primary N) is 1. The summed E-state index contributed by atoms with van der Waals surface area (Å²) in [5.41, 5.74) is 7.42. The first-order valence-electron chi connectivity index (χ1n) is 7.14. The van der Waals surface area contributed by atoms with Gasteiger partial charge in [0.2, 0.25) is 0 Å². The highest BCUT2D eigenvalue weighted by atomic mass is 127. The number of morpholine rings is 1. The van der Waals surface area contributed by atoms with Gasteiger partial charge in [0, 0.05) is 18.1 Å². The Kier molecular flexibility index (Phi) is 6.13. The summed E-state index contributed by atoms with van der Waals surface area (Å²) in [5.74, 6) is 1.27. The lowest BCUT2D eigenvalue weighted by molar-refractivity contribution is 0.0671. The molecule has 0 radical (unpaired) electrons. The van der Waals surface area contributed by atoms with Crippen molar-refractivity contribution in [3.05, 3.63) is 34.9 Å². The second-order valence-corrected chi connectivity index (χ2v) is 5.90. The lowest BCUT2D eigenvalue weighted by Crippen LogP contribution is -2.46. The van der Waals surface area contributed by atoms with Crippen molar-refractivity contribution >= 4 is 41.5 Å². The maximum absolute atomic E-state index is 6.07. The van der Waals surface area contributed by atoms with Crippen molar-refractivity contribution in [2.24, 2.45) is 10.7 Å². The van der Waals surface area contributed by atoms with E-state index < -0.39 is 0 Å². The van der Waals surface area contributed by atoms with Crippen molar-refractivity contribution in [1.29, 1.82) is 0 Å². The molecule has 0 unspecified atom stereocenters. The SMILES string of the molecule is I.NC(=NC1CC(c2ccc(Cl)cc2)C1)N1CCOCC1. The Balaban J connectivity index is 0.00000161. The average molecular weight is 422 g/mol. The molecule has 116 valence electrons. The molecule has 0 atom stereocenters. The highest BCUT2D eigenvalue weighted by molar-refractivity contribution is 14.0. The van der Waals surface area contributed by atoms with Crippen molar-refractivity contribution in [1.82, 2.24) is 4.90 Å². The summed E-state index contributed by atoms with van der Waals surface area (Å²) in [7, 11) is 0. The molecular formula is C15H21ClIN3O. The number of benzene rings is 1. The van der Waals surface area contributed by atoms with Crippen molar-refractivity contribution < 1.29 is 4.74 Å². The maximum Gasteiger partial charge on any atom is 0.191 e. The molecule has 0 spiro atoms. The van der Waals surface area contributed by atoms with E-state index in [0.717, 1.165) is 44.2 Å². The summed E-state index contributed by atoms with van der Waals surface area (Å²) < 4.78 is 5.32. The fourth-order valence-corrected chi connectivity index (χ4v) is 2.89. The van der Waals surface area contributed by atoms with Gasteiger partial charge in [-0.15, -0.1) is 24.0 Å². The number of rotatable bonds is 2. The zero-order valence-electron chi connectivity index (χ0n) is 11.9. The number of ether oxygens (including phenoxy) is 1. The molecule has 6 heteroatoms. The van der Waals surface area contributed by atoms with Gasteiger partial charge in [-0.05, 0) is 36.5 Å². The highest BCUT2D eigenvalue weighted by Crippen LogP contribution is 2.39. The van der Waals surface area contributed by atoms with Crippen LogP contribution < -0.4 is 5.73 Å². The van der Waals surface area contributed by atoms with Crippen LogP contribution in [0.3, 0.4) is 0 Å². The zero-order valence-corrected chi connectivity index (χ0v) is 15.0. The Morgan fingerprint density at radius 3 is 2.43 bits per heavy atom. The van der Waals surface area contributed by atoms with Crippen molar-refractivity contribution in [2.45, 2.75) is 24.8 Å². The number of guanidine groups is 1. The number of hydrogen-bond donors (Lipinski definition) is 1. The first-order valence-corrected chi connectivity index (χ1v) is 7.51. The quantitative estimate of drug-likeness (QED) is 0.454. The average Bonchev–Trinajstić information content (AvgIpc) is 2.44. The van der Waals surface area contributed by atoms with Crippen LogP contribution in [0.5, 0.6) is 0 Å². The number of nitrogens with zero attached hydrogens (tertiary/aromatic N) is 2. The fourth-order valence-electron chi connectivity index (χ4n) is 2.76. The lowest BCUT2D eigenvalue weighted by atomic mass is 9.76. The van der Waals surface area contributed by atoms with Gasteiger partial charge in [0.1, 0.15) is 0 Å². The molecular weight excluding hydrogens is 401 g/mol. The van der Waals surface area contributed by atoms with E-state index in [1.807, 2.05) is 12.1 Å². The van der Waals surface area contributed by atoms with Gasteiger partial charge < -0.3 is 15.4 Å². The third-order valence-electron chi connectivity index (χ3n) is 4.10. The van der Waals surface area contributed by atoms with Crippen molar-refractivity contribution in [3.63, 3.8) is 0 Å². The van der Waals surface area contributed by atoms with E-state index in [0.29, 0.717) is 17.9 Å². The predicted molar refractivity (Wildman–Crippen MR) is 96.6 cm³/mol. The molecule has 1 aromatic rings. The molecule has 1 heterocycles. The molecule has 1 saturated carbocycles. The monoisotopic (exact) mass is 421 g/mol. The number of hydrogen-bond acceptors (Lipinski definition) is 2. The summed E-state index contributed by atoms with van der Waals surface area (Å²) in [6, 6.07) is 8.49. The van der Waals surface area contributed by atoms with E-state index in [-0.39, 0.29) is 24.0 Å². The van der Waals surface area contributed by atoms with Crippen LogP contribution in [0.2, 0.25) is 5.02 Å². The lowest BCUT2D eigenvalue weighted by Gasteiger charge is -2.35. The van der Waals surface area contributed by atoms with E-state index in [9.17, 15) is 0 Å². The second-order valence-electron chi connectivity index (χ2n) is 5.46. The molecule has 2 N–H and O–H groups in total. The van der Waals surface area contributed by atoms with Gasteiger partial charge in [0.05, 0.1) is 19.3 Å². The molecule has 1 saturated heterocycles. The summed E-state index contributed by atoms with van der Waals surface area (Å²) in [5, 5.41) is 0.791. The van der Waals surface area contributed by atoms with E-state index in [1.165, 1.54) is 5.56 Å². The Morgan fingerprint density at radius 1 is 1.19 bits per heavy atom. The molecule has 3 rings (SSSR count). The molecule has 2 aliphatic rings. The van der Waals surface area contributed by atoms with Crippen molar-refractivity contribution in [2.75, 3.05) is 26.3 Å². The van der Waals surface area contributed by atoms with Gasteiger partial charge in [0.15, 0.2) is 5.96 Å². The molecule has 1 aromatic carbocycles. The molecule has 2 fully saturated rings. The molecule has 0 bridgehead atoms. The number of aliphatic imine (C=N–C) groups is 1. The van der Waals surface area contributed by atoms with E-state index in [4.69, 9.17) is 22.1 Å². The topological polar surface area (TPSA) is 50.8 Å². The van der Waals surface area contributed by atoms with E-state index >= 15 is 0 Å². The predicted octanol–water partition coefficient (Wildman–Crippen LogP) is 2.85. The smallest absolute Gasteiger partial charge is 0.191 e. The van der Waals surface area contributed by atoms with Gasteiger partial charge in [-0.2, -0.15) is 0 Å². The van der Waals surface area contributed by atoms with Crippen LogP contribution in [-0.2, 0) is 4.74 Å². The summed E-state index contributed by atoms with van der Waals surface area (Å²) >= 11 is 5.91. The Morgan fingerprint density at radius 2 is 1.81 bits per heavy atom. The zero-order chi connectivity index (χ0) is 13.9. The summed E-state index contributed by atoms with van der Waals surface area (Å²) in [6.07, 6.45) is 2.15. The van der Waals surface area contributed by atoms with Crippen LogP contribution in [-0.4, -0.2) is 43.2 Å². The van der Waals surface area contributed by atoms with Crippen LogP contribution in [0.1, 0.15) is 24.3 Å². The number of halogens is 2. The largest absolute Gasteiger partial charge is 0.378 e. The molecule has 1 aliphatic heterocycles. The van der Waals surface area contributed by atoms with Gasteiger partial charge in [0.25, 0.3) is 0 Å². The fraction of sp³-hybridized carbons (Fsp3) is 0.533. The standard InChI is InChI=1S/C15H20ClN3O.HI/c16-13-3-1-11(2-4-13)12-9-14(10-12)18-15(17)19-5-7-20-8-6-19;/h1-4,12,14H,5-10H2,(H2,17,18);1H. The molecule has 0 aromatic heterocycles. The highest BCUT2D eigenvalue weighted by Gasteiger charge is 2.30. The third-order valence-corrected chi connectivity index (χ3v) is 4.36. The van der Waals surface area contributed by atoms with Gasteiger partial charge >= 0.3 is 0 Å². The minimum Gasteiger partial charge on any atom is -0.378 e. The minimum atomic E-state index is 0. The molecule has 1 aliphatic carbocycles. The normalized spacial score (nSPS) is 26.0. The van der Waals surface area contributed by atoms with E-state index in [2.05, 4.69) is 22.0 Å². The van der Waals surface area contributed by atoms with Gasteiger partial charge in [-0.25, -0.2) is 4.99 Å². The Hall–Kier alpha value is -0.530. The maximum atomic E-state index is 6.07. The van der Waals surface area contributed by atoms with Crippen LogP contribution >= 0.6 is 35.6 Å². The van der Waals surface area contributed by atoms with Gasteiger partial charge in [-0.3, -0.25) is 0 Å². The Labute approximate surface area is 147 Å². The molecule has 21 heavy (non-hydrogen) atoms. The van der Waals surface area contributed by atoms with Gasteiger partial charge in [-0.1, -0.05) is 23.7 Å². The first-order chi connectivity index (χ1) is 9.72. The van der Waals surface area contributed by atoms with E-state index in [1.54, 1.807) is 0 Å². The molecule has 4 nitrogen and oxygen atoms in total. The minimum absolute atomic E-state index is 0. The summed E-state index contributed by atoms with van der Waals surface area (Å²) in [4.78, 5) is 6.75. The molecule has 0 amide bonds. The van der Waals surface area contributed by atoms with Crippen LogP contribution in [0.15, 0.2) is 29.3 Å². The Bertz CT molecular complexity index is 482. The second kappa shape index (κ2) is 7.65. The third kappa shape index (κ3) is 4.23. The first kappa shape index (κ1) is 16.8. The van der Waals surface area contributed by atoms with Crippen LogP contribution in [0, 0.1) is 0 Å². The summed E-state index contributed by atoms with van der Waals surface area (Å²) in [6.45, 7) is 3.19.